The molecule has 1 rings (SSSR count). The van der Waals surface area contributed by atoms with Crippen molar-refractivity contribution in [1.29, 1.82) is 0 Å². The SMILES string of the molecule is Cc1bcccc1OC(C)C. The summed E-state index contributed by atoms with van der Waals surface area (Å²) in [5, 5.41) is 0. The van der Waals surface area contributed by atoms with Crippen molar-refractivity contribution in [2.45, 2.75) is 26.9 Å². The summed E-state index contributed by atoms with van der Waals surface area (Å²) < 4.78 is 5.54. The minimum atomic E-state index is 0.260. The van der Waals surface area contributed by atoms with Gasteiger partial charge in [0.1, 0.15) is 0 Å². The monoisotopic (exact) mass is 148 g/mol. The topological polar surface area (TPSA) is 9.23 Å². The predicted molar refractivity (Wildman–Crippen MR) is 48.3 cm³/mol. The minimum absolute atomic E-state index is 0.260. The first-order chi connectivity index (χ1) is 5.20. The third kappa shape index (κ3) is 2.37. The molecule has 0 aliphatic heterocycles. The molecule has 0 N–H and O–H groups in total. The average molecular weight is 148 g/mol. The van der Waals surface area contributed by atoms with Crippen molar-refractivity contribution >= 4 is 6.91 Å². The van der Waals surface area contributed by atoms with Gasteiger partial charge < -0.3 is 0 Å². The van der Waals surface area contributed by atoms with E-state index in [0.717, 1.165) is 5.75 Å². The molecule has 58 valence electrons. The van der Waals surface area contributed by atoms with Crippen LogP contribution in [0.15, 0.2) is 18.1 Å². The van der Waals surface area contributed by atoms with Crippen molar-refractivity contribution in [2.24, 2.45) is 0 Å². The molecule has 1 aromatic heterocycles. The molecular formula is C9H13BO. The van der Waals surface area contributed by atoms with Crippen LogP contribution in [0.1, 0.15) is 19.3 Å². The molecule has 0 spiro atoms. The van der Waals surface area contributed by atoms with Crippen molar-refractivity contribution < 1.29 is 4.74 Å². The predicted octanol–water partition coefficient (Wildman–Crippen LogP) is 2.12. The van der Waals surface area contributed by atoms with E-state index in [4.69, 9.17) is 4.74 Å². The number of ether oxygens (including phenoxy) is 1. The van der Waals surface area contributed by atoms with Crippen molar-refractivity contribution in [3.8, 4) is 5.75 Å². The molecule has 1 heterocycles. The second kappa shape index (κ2) is 3.56. The Morgan fingerprint density at radius 2 is 2.18 bits per heavy atom. The Labute approximate surface area is 68.6 Å². The zero-order valence-corrected chi connectivity index (χ0v) is 7.29. The van der Waals surface area contributed by atoms with Crippen LogP contribution in [0.25, 0.3) is 0 Å². The summed E-state index contributed by atoms with van der Waals surface area (Å²) in [4.78, 5) is 0. The van der Waals surface area contributed by atoms with Crippen LogP contribution in [0.5, 0.6) is 5.75 Å². The Hall–Kier alpha value is -0.785. The second-order valence-electron chi connectivity index (χ2n) is 2.93. The molecule has 0 amide bonds. The molecular weight excluding hydrogens is 135 g/mol. The van der Waals surface area contributed by atoms with E-state index in [9.17, 15) is 0 Å². The first kappa shape index (κ1) is 8.31. The third-order valence-electron chi connectivity index (χ3n) is 1.46. The van der Waals surface area contributed by atoms with Crippen LogP contribution in [0.3, 0.4) is 0 Å². The van der Waals surface area contributed by atoms with Gasteiger partial charge in [-0.25, -0.2) is 0 Å². The molecule has 1 nitrogen and oxygen atoms in total. The fraction of sp³-hybridized carbons (Fsp3) is 0.444. The van der Waals surface area contributed by atoms with E-state index >= 15 is 0 Å². The van der Waals surface area contributed by atoms with Crippen molar-refractivity contribution in [3.63, 3.8) is 0 Å². The number of aryl methyl sites for hydroxylation is 1. The molecule has 0 aliphatic carbocycles. The first-order valence-electron chi connectivity index (χ1n) is 3.92. The molecule has 0 saturated carbocycles. The normalized spacial score (nSPS) is 9.82. The van der Waals surface area contributed by atoms with Crippen LogP contribution in [-0.2, 0) is 0 Å². The standard InChI is InChI=1S/C9H13BO/c1-7(2)11-9-5-4-6-10-8(9)3/h4-7H,1-3H3. The molecule has 0 radical (unpaired) electrons. The molecule has 1 aromatic rings. The van der Waals surface area contributed by atoms with Gasteiger partial charge in [0.2, 0.25) is 0 Å². The molecule has 0 atom stereocenters. The quantitative estimate of drug-likeness (QED) is 0.624. The van der Waals surface area contributed by atoms with Crippen molar-refractivity contribution in [2.75, 3.05) is 0 Å². The first-order valence-corrected chi connectivity index (χ1v) is 3.92. The van der Waals surface area contributed by atoms with Crippen LogP contribution >= 0.6 is 0 Å². The fourth-order valence-corrected chi connectivity index (χ4v) is 0.943. The van der Waals surface area contributed by atoms with Gasteiger partial charge in [0.05, 0.1) is 0 Å². The Balaban J connectivity index is 2.78. The van der Waals surface area contributed by atoms with E-state index in [0.29, 0.717) is 0 Å². The maximum atomic E-state index is 5.54. The zero-order chi connectivity index (χ0) is 8.27. The van der Waals surface area contributed by atoms with Gasteiger partial charge in [0.25, 0.3) is 0 Å². The van der Waals surface area contributed by atoms with Gasteiger partial charge in [-0.15, -0.1) is 0 Å². The van der Waals surface area contributed by atoms with E-state index in [1.165, 1.54) is 5.46 Å². The Bertz CT molecular complexity index is 233. The van der Waals surface area contributed by atoms with Gasteiger partial charge in [-0.3, -0.25) is 0 Å². The van der Waals surface area contributed by atoms with Crippen LogP contribution in [0.2, 0.25) is 0 Å². The van der Waals surface area contributed by atoms with E-state index < -0.39 is 0 Å². The van der Waals surface area contributed by atoms with Gasteiger partial charge in [-0.05, 0) is 0 Å². The molecule has 0 aromatic carbocycles. The molecule has 0 saturated heterocycles. The summed E-state index contributed by atoms with van der Waals surface area (Å²) >= 11 is 0. The maximum absolute atomic E-state index is 5.54. The van der Waals surface area contributed by atoms with E-state index in [1.54, 1.807) is 0 Å². The van der Waals surface area contributed by atoms with E-state index in [1.807, 2.05) is 31.9 Å². The van der Waals surface area contributed by atoms with E-state index in [2.05, 4.69) is 13.8 Å². The van der Waals surface area contributed by atoms with Gasteiger partial charge in [-0.2, -0.15) is 0 Å². The van der Waals surface area contributed by atoms with Crippen LogP contribution in [-0.4, -0.2) is 13.0 Å². The van der Waals surface area contributed by atoms with Crippen molar-refractivity contribution in [1.82, 2.24) is 0 Å². The van der Waals surface area contributed by atoms with Gasteiger partial charge in [0.15, 0.2) is 0 Å². The molecule has 2 heteroatoms. The molecule has 0 bridgehead atoms. The number of hydrogen-bond acceptors (Lipinski definition) is 1. The molecule has 0 unspecified atom stereocenters. The summed E-state index contributed by atoms with van der Waals surface area (Å²) in [5.74, 6) is 3.00. The zero-order valence-electron chi connectivity index (χ0n) is 7.29. The molecule has 11 heavy (non-hydrogen) atoms. The summed E-state index contributed by atoms with van der Waals surface area (Å²) in [6, 6.07) is 3.99. The van der Waals surface area contributed by atoms with Gasteiger partial charge in [0, 0.05) is 0 Å². The van der Waals surface area contributed by atoms with Crippen molar-refractivity contribution in [3.05, 3.63) is 23.6 Å². The fourth-order valence-electron chi connectivity index (χ4n) is 0.943. The van der Waals surface area contributed by atoms with Gasteiger partial charge >= 0.3 is 67.8 Å². The summed E-state index contributed by atoms with van der Waals surface area (Å²) in [5.41, 5.74) is 1.20. The number of hydrogen-bond donors (Lipinski definition) is 0. The molecule has 0 aliphatic rings. The van der Waals surface area contributed by atoms with Crippen LogP contribution in [0, 0.1) is 6.92 Å². The molecule has 0 fully saturated rings. The summed E-state index contributed by atoms with van der Waals surface area (Å²) in [6.45, 7) is 8.17. The average Bonchev–Trinajstić information content (AvgIpc) is 1.93. The Morgan fingerprint density at radius 3 is 2.73 bits per heavy atom. The summed E-state index contributed by atoms with van der Waals surface area (Å²) in [7, 11) is 0. The Kier molecular flexibility index (Phi) is 2.69. The summed E-state index contributed by atoms with van der Waals surface area (Å²) in [6.07, 6.45) is 0.260. The second-order valence-corrected chi connectivity index (χ2v) is 2.93. The number of rotatable bonds is 2. The van der Waals surface area contributed by atoms with Gasteiger partial charge in [-0.1, -0.05) is 0 Å². The van der Waals surface area contributed by atoms with E-state index in [-0.39, 0.29) is 6.10 Å². The van der Waals surface area contributed by atoms with Crippen LogP contribution < -0.4 is 4.74 Å². The third-order valence-corrected chi connectivity index (χ3v) is 1.46. The Morgan fingerprint density at radius 1 is 1.45 bits per heavy atom. The van der Waals surface area contributed by atoms with Crippen LogP contribution in [0.4, 0.5) is 0 Å².